The van der Waals surface area contributed by atoms with Crippen molar-refractivity contribution < 1.29 is 47.8 Å². The Morgan fingerprint density at radius 2 is 0.931 bits per heavy atom. The van der Waals surface area contributed by atoms with Crippen LogP contribution in [0, 0.1) is 0 Å². The Labute approximate surface area is 181 Å². The summed E-state index contributed by atoms with van der Waals surface area (Å²) in [5.41, 5.74) is 0.847. The van der Waals surface area contributed by atoms with Gasteiger partial charge in [-0.3, -0.25) is 10.2 Å². The van der Waals surface area contributed by atoms with Gasteiger partial charge < -0.3 is 20.8 Å². The van der Waals surface area contributed by atoms with Crippen LogP contribution in [0.25, 0.3) is 0 Å². The van der Waals surface area contributed by atoms with Crippen molar-refractivity contribution in [3.8, 4) is 0 Å². The quantitative estimate of drug-likeness (QED) is 0.193. The van der Waals surface area contributed by atoms with Gasteiger partial charge in [-0.25, -0.2) is 4.89 Å². The van der Waals surface area contributed by atoms with Crippen LogP contribution in [0.5, 0.6) is 0 Å². The summed E-state index contributed by atoms with van der Waals surface area (Å²) in [5, 5.41) is 51.2. The molecule has 0 aromatic carbocycles. The zero-order chi connectivity index (χ0) is 22.6. The fourth-order valence-corrected chi connectivity index (χ4v) is 0.602. The number of hydrogen-bond donors (Lipinski definition) is 5. The Hall–Kier alpha value is -2.54. The zero-order valence-electron chi connectivity index (χ0n) is 17.6. The Bertz CT molecular complexity index is 526. The summed E-state index contributed by atoms with van der Waals surface area (Å²) < 4.78 is 0. The van der Waals surface area contributed by atoms with Crippen LogP contribution in [0.15, 0.2) is 51.2 Å². The van der Waals surface area contributed by atoms with Gasteiger partial charge in [0, 0.05) is 29.2 Å². The second kappa shape index (κ2) is 21.8. The van der Waals surface area contributed by atoms with Crippen LogP contribution in [0.2, 0.25) is 0 Å². The first-order chi connectivity index (χ1) is 13.0. The number of rotatable bonds is 2. The number of hydrogen-bond acceptors (Lipinski definition) is 11. The molecule has 5 N–H and O–H groups in total. The van der Waals surface area contributed by atoms with Crippen molar-refractivity contribution >= 4 is 22.8 Å². The molecule has 0 bridgehead atoms. The number of oxime groups is 4. The molecule has 0 aliphatic rings. The van der Waals surface area contributed by atoms with Crippen molar-refractivity contribution in [3.63, 3.8) is 0 Å². The second-order valence-corrected chi connectivity index (χ2v) is 5.97. The molecule has 0 aliphatic heterocycles. The van der Waals surface area contributed by atoms with Crippen LogP contribution < -0.4 is 0 Å². The standard InChI is InChI=1S/C5H5N.2C4H8N2O2.C4H10O2.Co/c1-2-4-6-5-3-1;2*1-3(5-7)4(2)6-8;1-4(2,3)6-5;/h1-5H;2*7-8H,1-2H3;5H,1-3H3;/b;2*5-3-,6-4+;;. The SMILES string of the molecule is CC(=N/O)/C(C)=N/O.CC(=N/O)/C(C)=N/O.CC(C)(C)OO.[Co].c1ccncc1. The topological polar surface area (TPSA) is 173 Å². The smallest absolute Gasteiger partial charge is 0.101 e. The van der Waals surface area contributed by atoms with Gasteiger partial charge in [-0.1, -0.05) is 26.7 Å². The van der Waals surface area contributed by atoms with Gasteiger partial charge in [0.15, 0.2) is 0 Å². The van der Waals surface area contributed by atoms with Gasteiger partial charge in [0.1, 0.15) is 22.8 Å². The summed E-state index contributed by atoms with van der Waals surface area (Å²) in [5.74, 6) is 0. The predicted octanol–water partition coefficient (Wildman–Crippen LogP) is 3.73. The van der Waals surface area contributed by atoms with Crippen molar-refractivity contribution in [1.82, 2.24) is 4.98 Å². The maximum absolute atomic E-state index is 8.03. The van der Waals surface area contributed by atoms with E-state index in [0.29, 0.717) is 22.8 Å². The van der Waals surface area contributed by atoms with E-state index in [2.05, 4.69) is 30.5 Å². The average Bonchev–Trinajstić information content (AvgIpc) is 2.73. The van der Waals surface area contributed by atoms with Gasteiger partial charge in [-0.2, -0.15) is 0 Å². The number of pyridine rings is 1. The molecule has 0 fully saturated rings. The van der Waals surface area contributed by atoms with E-state index < -0.39 is 5.60 Å². The third-order valence-electron chi connectivity index (χ3n) is 2.49. The molecule has 1 heterocycles. The summed E-state index contributed by atoms with van der Waals surface area (Å²) in [6.07, 6.45) is 3.50. The maximum atomic E-state index is 8.03. The van der Waals surface area contributed by atoms with Crippen LogP contribution in [0.1, 0.15) is 48.5 Å². The molecule has 0 atom stereocenters. The largest absolute Gasteiger partial charge is 0.411 e. The minimum atomic E-state index is -0.403. The van der Waals surface area contributed by atoms with Gasteiger partial charge in [0.2, 0.25) is 0 Å². The third-order valence-corrected chi connectivity index (χ3v) is 2.49. The third kappa shape index (κ3) is 27.8. The first-order valence-electron chi connectivity index (χ1n) is 7.93. The van der Waals surface area contributed by atoms with Crippen LogP contribution in [0.3, 0.4) is 0 Å². The van der Waals surface area contributed by atoms with Gasteiger partial charge >= 0.3 is 0 Å². The monoisotopic (exact) mass is 460 g/mol. The maximum Gasteiger partial charge on any atom is 0.101 e. The summed E-state index contributed by atoms with van der Waals surface area (Å²) in [6.45, 7) is 11.5. The van der Waals surface area contributed by atoms with E-state index in [0.717, 1.165) is 0 Å². The van der Waals surface area contributed by atoms with Crippen molar-refractivity contribution in [1.29, 1.82) is 0 Å². The minimum absolute atomic E-state index is 0. The van der Waals surface area contributed by atoms with Crippen LogP contribution >= 0.6 is 0 Å². The Morgan fingerprint density at radius 1 is 0.690 bits per heavy atom. The van der Waals surface area contributed by atoms with E-state index in [9.17, 15) is 0 Å². The molecule has 29 heavy (non-hydrogen) atoms. The Morgan fingerprint density at radius 3 is 1.00 bits per heavy atom. The summed E-state index contributed by atoms with van der Waals surface area (Å²) in [4.78, 5) is 7.72. The first-order valence-corrected chi connectivity index (χ1v) is 7.93. The average molecular weight is 460 g/mol. The molecule has 0 spiro atoms. The molecule has 0 saturated heterocycles. The van der Waals surface area contributed by atoms with Crippen molar-refractivity contribution in [2.24, 2.45) is 20.6 Å². The van der Waals surface area contributed by atoms with E-state index in [4.69, 9.17) is 26.1 Å². The summed E-state index contributed by atoms with van der Waals surface area (Å²) in [6, 6.07) is 5.72. The molecule has 12 heteroatoms. The normalized spacial score (nSPS) is 12.0. The molecule has 0 amide bonds. The van der Waals surface area contributed by atoms with E-state index in [-0.39, 0.29) is 16.8 Å². The fourth-order valence-electron chi connectivity index (χ4n) is 0.602. The van der Waals surface area contributed by atoms with Crippen molar-refractivity contribution in [2.45, 2.75) is 54.1 Å². The molecule has 0 aliphatic carbocycles. The molecule has 1 aromatic heterocycles. The van der Waals surface area contributed by atoms with Gasteiger partial charge in [0.25, 0.3) is 0 Å². The van der Waals surface area contributed by atoms with Gasteiger partial charge in [-0.15, -0.1) is 0 Å². The van der Waals surface area contributed by atoms with Crippen LogP contribution in [-0.2, 0) is 21.7 Å². The molecule has 169 valence electrons. The van der Waals surface area contributed by atoms with E-state index in [1.807, 2.05) is 18.2 Å². The molecule has 1 rings (SSSR count). The first kappa shape index (κ1) is 34.0. The fraction of sp³-hybridized carbons (Fsp3) is 0.471. The molecule has 11 nitrogen and oxygen atoms in total. The predicted molar refractivity (Wildman–Crippen MR) is 107 cm³/mol. The summed E-state index contributed by atoms with van der Waals surface area (Å²) >= 11 is 0. The molecule has 0 saturated carbocycles. The van der Waals surface area contributed by atoms with Crippen molar-refractivity contribution in [3.05, 3.63) is 30.6 Å². The minimum Gasteiger partial charge on any atom is -0.411 e. The molecular formula is C17H31CoN5O6. The van der Waals surface area contributed by atoms with Crippen LogP contribution in [-0.4, -0.2) is 59.5 Å². The molecule has 1 radical (unpaired) electrons. The number of aromatic nitrogens is 1. The van der Waals surface area contributed by atoms with E-state index in [1.54, 1.807) is 33.2 Å². The van der Waals surface area contributed by atoms with Crippen molar-refractivity contribution in [2.75, 3.05) is 0 Å². The summed E-state index contributed by atoms with van der Waals surface area (Å²) in [7, 11) is 0. The molecule has 0 unspecified atom stereocenters. The number of nitrogens with zero attached hydrogens (tertiary/aromatic N) is 5. The van der Waals surface area contributed by atoms with E-state index in [1.165, 1.54) is 27.7 Å². The molecule has 1 aromatic rings. The second-order valence-electron chi connectivity index (χ2n) is 5.97. The van der Waals surface area contributed by atoms with Gasteiger partial charge in [-0.05, 0) is 60.6 Å². The zero-order valence-corrected chi connectivity index (χ0v) is 18.6. The Kier molecular flexibility index (Phi) is 25.5. The van der Waals surface area contributed by atoms with Crippen LogP contribution in [0.4, 0.5) is 0 Å². The molecular weight excluding hydrogens is 429 g/mol. The Balaban J connectivity index is -0.000000143. The van der Waals surface area contributed by atoms with E-state index >= 15 is 0 Å². The van der Waals surface area contributed by atoms with Gasteiger partial charge in [0.05, 0.1) is 5.60 Å².